The molecule has 0 bridgehead atoms. The van der Waals surface area contributed by atoms with Gasteiger partial charge in [-0.3, -0.25) is 0 Å². The van der Waals surface area contributed by atoms with Crippen LogP contribution in [0.5, 0.6) is 0 Å². The van der Waals surface area contributed by atoms with Gasteiger partial charge in [0.25, 0.3) is 0 Å². The van der Waals surface area contributed by atoms with E-state index in [-0.39, 0.29) is 6.54 Å². The lowest BCUT2D eigenvalue weighted by Crippen LogP contribution is -2.11. The maximum absolute atomic E-state index is 9.37. The Balaban J connectivity index is 3.04. The molecule has 2 nitrogen and oxygen atoms in total. The molecule has 1 aromatic rings. The number of nitrogens with two attached hydrogens (primary N) is 1. The van der Waals surface area contributed by atoms with E-state index in [0.29, 0.717) is 15.6 Å². The maximum Gasteiger partial charge on any atom is 0.0927 e. The highest BCUT2D eigenvalue weighted by atomic mass is 35.5. The summed E-state index contributed by atoms with van der Waals surface area (Å²) in [7, 11) is 0. The summed E-state index contributed by atoms with van der Waals surface area (Å²) in [5, 5.41) is 10.4. The number of aliphatic hydroxyl groups is 1. The molecule has 0 amide bonds. The van der Waals surface area contributed by atoms with Crippen molar-refractivity contribution >= 4 is 23.2 Å². The zero-order valence-electron chi connectivity index (χ0n) is 6.30. The SMILES string of the molecule is NCC(O)c1cc(Cl)ccc1Cl. The van der Waals surface area contributed by atoms with E-state index in [1.807, 2.05) is 0 Å². The van der Waals surface area contributed by atoms with Gasteiger partial charge in [-0.15, -0.1) is 0 Å². The second-order valence-corrected chi connectivity index (χ2v) is 3.26. The van der Waals surface area contributed by atoms with Gasteiger partial charge < -0.3 is 10.8 Å². The Morgan fingerprint density at radius 3 is 2.67 bits per heavy atom. The molecule has 3 N–H and O–H groups in total. The monoisotopic (exact) mass is 205 g/mol. The molecule has 1 rings (SSSR count). The van der Waals surface area contributed by atoms with Gasteiger partial charge in [0.05, 0.1) is 6.10 Å². The van der Waals surface area contributed by atoms with E-state index in [1.54, 1.807) is 18.2 Å². The van der Waals surface area contributed by atoms with Crippen molar-refractivity contribution in [2.24, 2.45) is 5.73 Å². The second kappa shape index (κ2) is 4.10. The van der Waals surface area contributed by atoms with Crippen LogP contribution in [0.2, 0.25) is 10.0 Å². The van der Waals surface area contributed by atoms with Crippen LogP contribution in [0.4, 0.5) is 0 Å². The summed E-state index contributed by atoms with van der Waals surface area (Å²) in [6, 6.07) is 4.91. The summed E-state index contributed by atoms with van der Waals surface area (Å²) in [6.07, 6.45) is -0.740. The number of benzene rings is 1. The summed E-state index contributed by atoms with van der Waals surface area (Å²) in [4.78, 5) is 0. The van der Waals surface area contributed by atoms with Crippen LogP contribution in [-0.4, -0.2) is 11.7 Å². The van der Waals surface area contributed by atoms with Crippen LogP contribution in [0.25, 0.3) is 0 Å². The van der Waals surface area contributed by atoms with Gasteiger partial charge in [0.15, 0.2) is 0 Å². The lowest BCUT2D eigenvalue weighted by molar-refractivity contribution is 0.187. The lowest BCUT2D eigenvalue weighted by Gasteiger charge is -2.09. The molecule has 0 aromatic heterocycles. The van der Waals surface area contributed by atoms with Crippen molar-refractivity contribution in [2.45, 2.75) is 6.10 Å². The van der Waals surface area contributed by atoms with E-state index >= 15 is 0 Å². The van der Waals surface area contributed by atoms with Crippen molar-refractivity contribution in [3.8, 4) is 0 Å². The number of rotatable bonds is 2. The molecule has 0 heterocycles. The molecule has 0 spiro atoms. The molecule has 0 saturated carbocycles. The molecule has 0 aliphatic carbocycles. The van der Waals surface area contributed by atoms with Crippen LogP contribution < -0.4 is 5.73 Å². The van der Waals surface area contributed by atoms with E-state index < -0.39 is 6.10 Å². The third kappa shape index (κ3) is 2.11. The van der Waals surface area contributed by atoms with E-state index in [2.05, 4.69) is 0 Å². The van der Waals surface area contributed by atoms with Crippen molar-refractivity contribution in [3.05, 3.63) is 33.8 Å². The minimum Gasteiger partial charge on any atom is -0.387 e. The topological polar surface area (TPSA) is 46.2 Å². The largest absolute Gasteiger partial charge is 0.387 e. The van der Waals surface area contributed by atoms with Gasteiger partial charge in [0, 0.05) is 22.2 Å². The van der Waals surface area contributed by atoms with Crippen molar-refractivity contribution in [2.75, 3.05) is 6.54 Å². The molecule has 0 aliphatic rings. The highest BCUT2D eigenvalue weighted by molar-refractivity contribution is 6.33. The molecule has 0 aliphatic heterocycles. The van der Waals surface area contributed by atoms with Gasteiger partial charge in [-0.2, -0.15) is 0 Å². The third-order valence-electron chi connectivity index (χ3n) is 1.54. The molecule has 0 fully saturated rings. The Kier molecular flexibility index (Phi) is 3.35. The highest BCUT2D eigenvalue weighted by Gasteiger charge is 2.09. The van der Waals surface area contributed by atoms with Gasteiger partial charge in [-0.25, -0.2) is 0 Å². The van der Waals surface area contributed by atoms with Crippen LogP contribution in [0.3, 0.4) is 0 Å². The fraction of sp³-hybridized carbons (Fsp3) is 0.250. The normalized spacial score (nSPS) is 13.0. The van der Waals surface area contributed by atoms with E-state index in [0.717, 1.165) is 0 Å². The molecule has 0 saturated heterocycles. The minimum atomic E-state index is -0.740. The van der Waals surface area contributed by atoms with Crippen LogP contribution >= 0.6 is 23.2 Å². The fourth-order valence-electron chi connectivity index (χ4n) is 0.897. The Hall–Kier alpha value is -0.280. The average Bonchev–Trinajstić information content (AvgIpc) is 2.08. The Bertz CT molecular complexity index is 278. The standard InChI is InChI=1S/C8H9Cl2NO/c9-5-1-2-7(10)6(3-5)8(12)4-11/h1-3,8,12H,4,11H2. The first-order valence-corrected chi connectivity index (χ1v) is 4.24. The molecule has 12 heavy (non-hydrogen) atoms. The van der Waals surface area contributed by atoms with E-state index in [9.17, 15) is 5.11 Å². The van der Waals surface area contributed by atoms with Gasteiger partial charge in [-0.1, -0.05) is 23.2 Å². The van der Waals surface area contributed by atoms with Gasteiger partial charge in [0.1, 0.15) is 0 Å². The molecule has 4 heteroatoms. The maximum atomic E-state index is 9.37. The first-order valence-electron chi connectivity index (χ1n) is 3.48. The molecule has 66 valence electrons. The number of hydrogen-bond donors (Lipinski definition) is 2. The predicted octanol–water partition coefficient (Wildman–Crippen LogP) is 1.99. The van der Waals surface area contributed by atoms with E-state index in [1.165, 1.54) is 0 Å². The van der Waals surface area contributed by atoms with E-state index in [4.69, 9.17) is 28.9 Å². The first-order chi connectivity index (χ1) is 5.65. The molecular formula is C8H9Cl2NO. The van der Waals surface area contributed by atoms with Crippen molar-refractivity contribution < 1.29 is 5.11 Å². The summed E-state index contributed by atoms with van der Waals surface area (Å²) in [6.45, 7) is 0.139. The summed E-state index contributed by atoms with van der Waals surface area (Å²) in [5.41, 5.74) is 5.85. The number of aliphatic hydroxyl groups excluding tert-OH is 1. The van der Waals surface area contributed by atoms with Crippen LogP contribution in [-0.2, 0) is 0 Å². The van der Waals surface area contributed by atoms with Crippen molar-refractivity contribution in [1.29, 1.82) is 0 Å². The summed E-state index contributed by atoms with van der Waals surface area (Å²) < 4.78 is 0. The minimum absolute atomic E-state index is 0.139. The number of halogens is 2. The molecule has 1 unspecified atom stereocenters. The van der Waals surface area contributed by atoms with Crippen LogP contribution in [0, 0.1) is 0 Å². The smallest absolute Gasteiger partial charge is 0.0927 e. The average molecular weight is 206 g/mol. The lowest BCUT2D eigenvalue weighted by atomic mass is 10.1. The zero-order chi connectivity index (χ0) is 9.14. The molecular weight excluding hydrogens is 197 g/mol. The van der Waals surface area contributed by atoms with Crippen molar-refractivity contribution in [3.63, 3.8) is 0 Å². The fourth-order valence-corrected chi connectivity index (χ4v) is 1.32. The summed E-state index contributed by atoms with van der Waals surface area (Å²) >= 11 is 11.5. The molecule has 1 aromatic carbocycles. The van der Waals surface area contributed by atoms with Gasteiger partial charge >= 0.3 is 0 Å². The van der Waals surface area contributed by atoms with Crippen molar-refractivity contribution in [1.82, 2.24) is 0 Å². The zero-order valence-corrected chi connectivity index (χ0v) is 7.81. The Morgan fingerprint density at radius 1 is 1.42 bits per heavy atom. The van der Waals surface area contributed by atoms with Crippen LogP contribution in [0.1, 0.15) is 11.7 Å². The predicted molar refractivity (Wildman–Crippen MR) is 50.5 cm³/mol. The Labute approximate surface area is 80.9 Å². The molecule has 1 atom stereocenters. The quantitative estimate of drug-likeness (QED) is 0.777. The van der Waals surface area contributed by atoms with Gasteiger partial charge in [-0.05, 0) is 18.2 Å². The first kappa shape index (κ1) is 9.81. The van der Waals surface area contributed by atoms with Gasteiger partial charge in [0.2, 0.25) is 0 Å². The second-order valence-electron chi connectivity index (χ2n) is 2.42. The number of hydrogen-bond acceptors (Lipinski definition) is 2. The van der Waals surface area contributed by atoms with Crippen LogP contribution in [0.15, 0.2) is 18.2 Å². The molecule has 0 radical (unpaired) electrons. The Morgan fingerprint density at radius 2 is 2.08 bits per heavy atom. The summed E-state index contributed by atoms with van der Waals surface area (Å²) in [5.74, 6) is 0. The third-order valence-corrected chi connectivity index (χ3v) is 2.12. The highest BCUT2D eigenvalue weighted by Crippen LogP contribution is 2.25.